The smallest absolute Gasteiger partial charge is 0.264 e. The normalized spacial score (nSPS) is 12.5. The highest BCUT2D eigenvalue weighted by Gasteiger charge is 2.35. The number of carbonyl (C=O) groups is 2. The summed E-state index contributed by atoms with van der Waals surface area (Å²) in [6, 6.07) is 19.0. The first-order valence-corrected chi connectivity index (χ1v) is 15.1. The molecule has 10 heteroatoms. The van der Waals surface area contributed by atoms with E-state index in [2.05, 4.69) is 5.32 Å². The summed E-state index contributed by atoms with van der Waals surface area (Å²) < 4.78 is 28.9. The predicted octanol–water partition coefficient (Wildman–Crippen LogP) is 6.22. The average Bonchev–Trinajstić information content (AvgIpc) is 2.88. The number of anilines is 1. The van der Waals surface area contributed by atoms with Gasteiger partial charge < -0.3 is 10.2 Å². The van der Waals surface area contributed by atoms with Crippen LogP contribution in [0.5, 0.6) is 0 Å². The molecule has 3 rings (SSSR count). The van der Waals surface area contributed by atoms with E-state index in [9.17, 15) is 18.0 Å². The third-order valence-electron chi connectivity index (χ3n) is 6.23. The summed E-state index contributed by atoms with van der Waals surface area (Å²) in [5.74, 6) is -0.897. The fraction of sp³-hybridized carbons (Fsp3) is 0.333. The minimum Gasteiger partial charge on any atom is -0.350 e. The summed E-state index contributed by atoms with van der Waals surface area (Å²) in [6.07, 6.45) is 0.300. The van der Waals surface area contributed by atoms with Crippen LogP contribution in [-0.4, -0.2) is 43.3 Å². The molecule has 7 nitrogen and oxygen atoms in total. The number of benzene rings is 3. The lowest BCUT2D eigenvalue weighted by molar-refractivity contribution is -0.141. The van der Waals surface area contributed by atoms with E-state index in [4.69, 9.17) is 23.2 Å². The van der Waals surface area contributed by atoms with Crippen molar-refractivity contribution in [3.8, 4) is 0 Å². The highest BCUT2D eigenvalue weighted by Crippen LogP contribution is 2.28. The second kappa shape index (κ2) is 13.1. The van der Waals surface area contributed by atoms with E-state index in [0.717, 1.165) is 4.31 Å². The molecule has 0 bridgehead atoms. The van der Waals surface area contributed by atoms with Gasteiger partial charge in [-0.3, -0.25) is 13.9 Å². The monoisotopic (exact) mass is 603 g/mol. The van der Waals surface area contributed by atoms with Gasteiger partial charge in [0, 0.05) is 22.1 Å². The van der Waals surface area contributed by atoms with Crippen molar-refractivity contribution in [1.29, 1.82) is 0 Å². The summed E-state index contributed by atoms with van der Waals surface area (Å²) in [5, 5.41) is 3.72. The Hall–Kier alpha value is -3.07. The van der Waals surface area contributed by atoms with E-state index in [0.29, 0.717) is 33.3 Å². The standard InChI is InChI=1S/C30H35Cl2N3O4S/c1-6-26(29(37)33-30(3,4)5)34(19-22-16-17-23(31)18-25(22)32)28(36)20-35(27-15-11-10-12-21(27)2)40(38,39)24-13-8-7-9-14-24/h7-18,26H,6,19-20H2,1-5H3,(H,33,37)/t26-/m1/s1. The maximum absolute atomic E-state index is 14.1. The molecule has 0 radical (unpaired) electrons. The van der Waals surface area contributed by atoms with Crippen molar-refractivity contribution in [3.05, 3.63) is 94.0 Å². The van der Waals surface area contributed by atoms with Gasteiger partial charge in [-0.25, -0.2) is 8.42 Å². The van der Waals surface area contributed by atoms with Crippen LogP contribution < -0.4 is 9.62 Å². The molecule has 0 spiro atoms. The van der Waals surface area contributed by atoms with Crippen molar-refractivity contribution in [1.82, 2.24) is 10.2 Å². The Balaban J connectivity index is 2.10. The number of nitrogens with one attached hydrogen (secondary N) is 1. The Bertz CT molecular complexity index is 1460. The van der Waals surface area contributed by atoms with Crippen LogP contribution in [0.3, 0.4) is 0 Å². The molecule has 3 aromatic carbocycles. The number of rotatable bonds is 10. The number of hydrogen-bond donors (Lipinski definition) is 1. The van der Waals surface area contributed by atoms with E-state index in [1.54, 1.807) is 74.5 Å². The first-order valence-electron chi connectivity index (χ1n) is 12.9. The largest absolute Gasteiger partial charge is 0.350 e. The Morgan fingerprint density at radius 1 is 0.950 bits per heavy atom. The van der Waals surface area contributed by atoms with E-state index in [-0.39, 0.29) is 17.3 Å². The van der Waals surface area contributed by atoms with Gasteiger partial charge in [0.15, 0.2) is 0 Å². The Morgan fingerprint density at radius 3 is 2.15 bits per heavy atom. The lowest BCUT2D eigenvalue weighted by atomic mass is 10.1. The molecule has 214 valence electrons. The van der Waals surface area contributed by atoms with Gasteiger partial charge in [0.05, 0.1) is 10.6 Å². The SMILES string of the molecule is CC[C@H](C(=O)NC(C)(C)C)N(Cc1ccc(Cl)cc1Cl)C(=O)CN(c1ccccc1C)S(=O)(=O)c1ccccc1. The van der Waals surface area contributed by atoms with Gasteiger partial charge in [-0.1, -0.05) is 72.6 Å². The molecule has 0 unspecified atom stereocenters. The lowest BCUT2D eigenvalue weighted by Crippen LogP contribution is -2.55. The van der Waals surface area contributed by atoms with Crippen molar-refractivity contribution >= 4 is 50.7 Å². The molecule has 0 saturated carbocycles. The van der Waals surface area contributed by atoms with Crippen LogP contribution in [0, 0.1) is 6.92 Å². The number of carbonyl (C=O) groups excluding carboxylic acids is 2. The average molecular weight is 605 g/mol. The zero-order valence-corrected chi connectivity index (χ0v) is 25.6. The summed E-state index contributed by atoms with van der Waals surface area (Å²) >= 11 is 12.5. The van der Waals surface area contributed by atoms with Crippen LogP contribution in [0.2, 0.25) is 10.0 Å². The van der Waals surface area contributed by atoms with Crippen LogP contribution >= 0.6 is 23.2 Å². The molecule has 1 atom stereocenters. The molecular weight excluding hydrogens is 569 g/mol. The lowest BCUT2D eigenvalue weighted by Gasteiger charge is -2.35. The molecule has 1 N–H and O–H groups in total. The van der Waals surface area contributed by atoms with E-state index >= 15 is 0 Å². The van der Waals surface area contributed by atoms with Gasteiger partial charge in [0.1, 0.15) is 12.6 Å². The van der Waals surface area contributed by atoms with Crippen molar-refractivity contribution in [2.24, 2.45) is 0 Å². The number of hydrogen-bond acceptors (Lipinski definition) is 4. The summed E-state index contributed by atoms with van der Waals surface area (Å²) in [4.78, 5) is 29.0. The first-order chi connectivity index (χ1) is 18.7. The number of halogens is 2. The van der Waals surface area contributed by atoms with E-state index in [1.807, 2.05) is 20.8 Å². The molecule has 0 aliphatic carbocycles. The first kappa shape index (κ1) is 31.5. The zero-order valence-electron chi connectivity index (χ0n) is 23.3. The Labute approximate surface area is 247 Å². The molecule has 40 heavy (non-hydrogen) atoms. The van der Waals surface area contributed by atoms with Crippen LogP contribution in [0.1, 0.15) is 45.2 Å². The second-order valence-electron chi connectivity index (χ2n) is 10.5. The minimum absolute atomic E-state index is 0.0160. The molecule has 2 amide bonds. The van der Waals surface area contributed by atoms with Crippen LogP contribution in [0.15, 0.2) is 77.7 Å². The molecule has 0 fully saturated rings. The fourth-order valence-corrected chi connectivity index (χ4v) is 6.25. The Kier molecular flexibility index (Phi) is 10.3. The van der Waals surface area contributed by atoms with Crippen molar-refractivity contribution < 1.29 is 18.0 Å². The molecule has 0 aromatic heterocycles. The topological polar surface area (TPSA) is 86.8 Å². The maximum Gasteiger partial charge on any atom is 0.264 e. The van der Waals surface area contributed by atoms with Crippen LogP contribution in [-0.2, 0) is 26.2 Å². The van der Waals surface area contributed by atoms with Gasteiger partial charge in [0.2, 0.25) is 11.8 Å². The number of amides is 2. The van der Waals surface area contributed by atoms with Crippen LogP contribution in [0.4, 0.5) is 5.69 Å². The highest BCUT2D eigenvalue weighted by molar-refractivity contribution is 7.92. The molecular formula is C30H35Cl2N3O4S. The van der Waals surface area contributed by atoms with Crippen molar-refractivity contribution in [3.63, 3.8) is 0 Å². The molecule has 3 aromatic rings. The number of aryl methyl sites for hydroxylation is 1. The third kappa shape index (κ3) is 7.77. The van der Waals surface area contributed by atoms with Gasteiger partial charge in [-0.15, -0.1) is 0 Å². The summed E-state index contributed by atoms with van der Waals surface area (Å²) in [5.41, 5.74) is 1.09. The summed E-state index contributed by atoms with van der Waals surface area (Å²) in [6.45, 7) is 8.61. The summed E-state index contributed by atoms with van der Waals surface area (Å²) in [7, 11) is -4.13. The molecule has 0 aliphatic rings. The van der Waals surface area contributed by atoms with Crippen molar-refractivity contribution in [2.45, 2.75) is 64.1 Å². The minimum atomic E-state index is -4.13. The van der Waals surface area contributed by atoms with Gasteiger partial charge in [-0.2, -0.15) is 0 Å². The third-order valence-corrected chi connectivity index (χ3v) is 8.60. The second-order valence-corrected chi connectivity index (χ2v) is 13.2. The molecule has 0 aliphatic heterocycles. The van der Waals surface area contributed by atoms with E-state index < -0.39 is 34.1 Å². The Morgan fingerprint density at radius 2 is 1.57 bits per heavy atom. The highest BCUT2D eigenvalue weighted by atomic mass is 35.5. The molecule has 0 heterocycles. The van der Waals surface area contributed by atoms with E-state index in [1.165, 1.54) is 17.0 Å². The van der Waals surface area contributed by atoms with Crippen molar-refractivity contribution in [2.75, 3.05) is 10.8 Å². The zero-order chi connectivity index (χ0) is 29.7. The predicted molar refractivity (Wildman–Crippen MR) is 161 cm³/mol. The van der Waals surface area contributed by atoms with Crippen LogP contribution in [0.25, 0.3) is 0 Å². The number of para-hydroxylation sites is 1. The maximum atomic E-state index is 14.1. The van der Waals surface area contributed by atoms with Gasteiger partial charge >= 0.3 is 0 Å². The molecule has 0 saturated heterocycles. The quantitative estimate of drug-likeness (QED) is 0.298. The number of sulfonamides is 1. The number of nitrogens with zero attached hydrogens (tertiary/aromatic N) is 2. The fourth-order valence-electron chi connectivity index (χ4n) is 4.28. The van der Waals surface area contributed by atoms with Gasteiger partial charge in [-0.05, 0) is 75.6 Å². The van der Waals surface area contributed by atoms with Gasteiger partial charge in [0.25, 0.3) is 10.0 Å².